The minimum absolute atomic E-state index is 0.0132. The van der Waals surface area contributed by atoms with E-state index in [1.54, 1.807) is 6.21 Å². The van der Waals surface area contributed by atoms with E-state index >= 15 is 0 Å². The zero-order valence-corrected chi connectivity index (χ0v) is 51.8. The molecule has 87 heavy (non-hydrogen) atoms. The molecule has 490 valence electrons. The van der Waals surface area contributed by atoms with E-state index in [1.807, 2.05) is 17.9 Å². The van der Waals surface area contributed by atoms with Gasteiger partial charge in [0.1, 0.15) is 11.7 Å². The van der Waals surface area contributed by atoms with Gasteiger partial charge >= 0.3 is 5.97 Å². The van der Waals surface area contributed by atoms with Gasteiger partial charge in [-0.25, -0.2) is 22.0 Å². The molecule has 2 saturated carbocycles. The number of hydrazone groups is 1. The SMILES string of the molecule is CC(=N)N(C(=N)C1CC2(CCCN(CCCC/C(C=NCCOCCOCCOCCOCCOCCOCCOCCOCCC(=O)Oc3c(F)cc(F)cc3F)=N/N)C2)C1)C(C)CC1CC(C)N1CCC(c1ccccc1)C1CCC(F)(F)CC1. The number of alkyl halides is 2. The number of nitrogens with one attached hydrogen (secondary N) is 2. The lowest BCUT2D eigenvalue weighted by Gasteiger charge is -2.55. The monoisotopic (exact) mass is 1230 g/mol. The Morgan fingerprint density at radius 3 is 1.86 bits per heavy atom. The van der Waals surface area contributed by atoms with Crippen LogP contribution in [-0.4, -0.2) is 207 Å². The van der Waals surface area contributed by atoms with Crippen LogP contribution in [-0.2, 0) is 42.7 Å². The number of halogens is 5. The third-order valence-corrected chi connectivity index (χ3v) is 17.2. The number of carbonyl (C=O) groups excluding carboxylic acids is 1. The summed E-state index contributed by atoms with van der Waals surface area (Å²) in [5.74, 6) is -0.639. The molecule has 0 amide bonds. The lowest BCUT2D eigenvalue weighted by atomic mass is 9.58. The Hall–Kier alpha value is -4.56. The van der Waals surface area contributed by atoms with Crippen LogP contribution in [0.4, 0.5) is 22.0 Å². The summed E-state index contributed by atoms with van der Waals surface area (Å²) in [6, 6.07) is 12.2. The van der Waals surface area contributed by atoms with Crippen molar-refractivity contribution in [3.05, 3.63) is 65.5 Å². The number of aliphatic imine (C=N–C) groups is 1. The van der Waals surface area contributed by atoms with E-state index in [0.29, 0.717) is 141 Å². The minimum Gasteiger partial charge on any atom is -0.420 e. The minimum atomic E-state index is -2.54. The quantitative estimate of drug-likeness (QED) is 0.00826. The summed E-state index contributed by atoms with van der Waals surface area (Å²) in [4.78, 5) is 23.4. The zero-order chi connectivity index (χ0) is 62.3. The predicted molar refractivity (Wildman–Crippen MR) is 325 cm³/mol. The van der Waals surface area contributed by atoms with Crippen LogP contribution in [0.1, 0.15) is 129 Å². The number of carbonyl (C=O) groups is 1. The first-order valence-electron chi connectivity index (χ1n) is 31.6. The molecule has 4 aliphatic rings. The van der Waals surface area contributed by atoms with Gasteiger partial charge in [-0.15, -0.1) is 0 Å². The van der Waals surface area contributed by atoms with Crippen LogP contribution in [0.3, 0.4) is 0 Å². The highest BCUT2D eigenvalue weighted by atomic mass is 19.3. The number of piperidine rings is 1. The van der Waals surface area contributed by atoms with E-state index in [1.165, 1.54) is 18.4 Å². The lowest BCUT2D eigenvalue weighted by Crippen LogP contribution is -2.59. The highest BCUT2D eigenvalue weighted by Gasteiger charge is 2.50. The van der Waals surface area contributed by atoms with E-state index in [2.05, 4.69) is 62.7 Å². The molecule has 23 heteroatoms. The van der Waals surface area contributed by atoms with Crippen molar-refractivity contribution in [3.8, 4) is 5.75 Å². The fraction of sp³-hybridized carbons (Fsp3) is 0.734. The van der Waals surface area contributed by atoms with E-state index in [-0.39, 0.29) is 68.3 Å². The summed E-state index contributed by atoms with van der Waals surface area (Å²) >= 11 is 0. The number of esters is 1. The molecule has 2 aliphatic carbocycles. The van der Waals surface area contributed by atoms with Crippen molar-refractivity contribution >= 4 is 29.6 Å². The van der Waals surface area contributed by atoms with Gasteiger partial charge < -0.3 is 58.3 Å². The normalized spacial score (nSPS) is 20.6. The number of likely N-dealkylation sites (tertiary alicyclic amines) is 2. The molecular weight excluding hydrogens is 1140 g/mol. The molecule has 2 heterocycles. The third-order valence-electron chi connectivity index (χ3n) is 17.2. The fourth-order valence-electron chi connectivity index (χ4n) is 12.8. The van der Waals surface area contributed by atoms with Crippen molar-refractivity contribution in [2.75, 3.05) is 138 Å². The fourth-order valence-corrected chi connectivity index (χ4v) is 12.8. The number of unbranched alkanes of at least 4 members (excludes halogenated alkanes) is 1. The van der Waals surface area contributed by atoms with Crippen LogP contribution in [0.5, 0.6) is 5.75 Å². The van der Waals surface area contributed by atoms with Gasteiger partial charge in [-0.1, -0.05) is 30.3 Å². The molecule has 6 rings (SSSR count). The van der Waals surface area contributed by atoms with Crippen molar-refractivity contribution in [2.45, 2.75) is 147 Å². The van der Waals surface area contributed by atoms with Gasteiger partial charge in [0, 0.05) is 61.8 Å². The number of rotatable bonds is 43. The number of amidine groups is 2. The van der Waals surface area contributed by atoms with Crippen LogP contribution in [0.15, 0.2) is 52.6 Å². The maximum absolute atomic E-state index is 14.2. The number of hydrogen-bond donors (Lipinski definition) is 3. The summed E-state index contributed by atoms with van der Waals surface area (Å²) in [6.07, 6.45) is 12.7. The molecule has 0 radical (unpaired) electrons. The smallest absolute Gasteiger partial charge is 0.313 e. The second-order valence-corrected chi connectivity index (χ2v) is 23.8. The molecule has 18 nitrogen and oxygen atoms in total. The second-order valence-electron chi connectivity index (χ2n) is 23.8. The van der Waals surface area contributed by atoms with Gasteiger partial charge in [0.05, 0.1) is 130 Å². The lowest BCUT2D eigenvalue weighted by molar-refractivity contribution is -0.136. The van der Waals surface area contributed by atoms with Crippen LogP contribution < -0.4 is 10.6 Å². The molecule has 2 aromatic rings. The molecule has 4 atom stereocenters. The summed E-state index contributed by atoms with van der Waals surface area (Å²) in [5, 5.41) is 22.2. The van der Waals surface area contributed by atoms with Crippen LogP contribution in [0.2, 0.25) is 0 Å². The van der Waals surface area contributed by atoms with Crippen molar-refractivity contribution in [1.82, 2.24) is 14.7 Å². The Bertz CT molecular complexity index is 2360. The largest absolute Gasteiger partial charge is 0.420 e. The van der Waals surface area contributed by atoms with Gasteiger partial charge in [0.2, 0.25) is 11.7 Å². The highest BCUT2D eigenvalue weighted by Crippen LogP contribution is 2.52. The topological polar surface area (TPSA) is 208 Å². The molecule has 4 N–H and O–H groups in total. The molecule has 4 fully saturated rings. The number of benzene rings is 2. The Morgan fingerprint density at radius 2 is 1.32 bits per heavy atom. The van der Waals surface area contributed by atoms with E-state index in [9.17, 15) is 32.2 Å². The Balaban J connectivity index is 0.697. The van der Waals surface area contributed by atoms with Crippen molar-refractivity contribution in [1.29, 1.82) is 10.8 Å². The standard InChI is InChI=1S/C64H99F5N8O10/c1-48-40-56(76(48)23-15-57(51-10-5-4-6-11-51)52-13-18-64(68,69)19-14-52)41-49(2)77(50(3)70)62(71)53-44-63(45-53)17-9-22-75(47-63)21-8-7-12-55(74-72)46-73-20-25-80-27-29-82-31-33-84-35-37-86-39-38-85-36-34-83-32-30-81-28-26-79-24-16-60(78)87-61-58(66)42-54(65)43-59(61)67/h4-6,10-11,42-43,46,48-49,52-53,56-57,70-71H,7-9,12-41,44-45,47,72H2,1-3H3/b70-50?,71-62?,73-46?,74-55-. The maximum Gasteiger partial charge on any atom is 0.313 e. The first-order chi connectivity index (χ1) is 42.1. The second kappa shape index (κ2) is 38.9. The summed E-state index contributed by atoms with van der Waals surface area (Å²) in [5.41, 5.74) is 2.28. The highest BCUT2D eigenvalue weighted by molar-refractivity contribution is 6.30. The van der Waals surface area contributed by atoms with E-state index < -0.39 is 35.1 Å². The van der Waals surface area contributed by atoms with Gasteiger partial charge in [-0.2, -0.15) is 5.10 Å². The third kappa shape index (κ3) is 25.3. The summed E-state index contributed by atoms with van der Waals surface area (Å²) in [6.45, 7) is 16.8. The number of nitrogens with two attached hydrogens (primary N) is 1. The maximum atomic E-state index is 14.2. The first kappa shape index (κ1) is 71.5. The molecule has 2 aromatic carbocycles. The molecule has 2 saturated heterocycles. The average Bonchev–Trinajstić information content (AvgIpc) is 1.23. The van der Waals surface area contributed by atoms with Crippen LogP contribution in [0, 0.1) is 45.5 Å². The number of nitrogens with zero attached hydrogens (tertiary/aromatic N) is 5. The Kier molecular flexibility index (Phi) is 31.9. The van der Waals surface area contributed by atoms with Crippen molar-refractivity contribution in [3.63, 3.8) is 0 Å². The molecule has 2 aliphatic heterocycles. The summed E-state index contributed by atoms with van der Waals surface area (Å²) < 4.78 is 117. The number of hydrogen-bond acceptors (Lipinski definition) is 17. The molecule has 0 bridgehead atoms. The van der Waals surface area contributed by atoms with Crippen LogP contribution in [0.25, 0.3) is 0 Å². The Morgan fingerprint density at radius 1 is 0.770 bits per heavy atom. The summed E-state index contributed by atoms with van der Waals surface area (Å²) in [7, 11) is 0. The average molecular weight is 1240 g/mol. The first-order valence-corrected chi connectivity index (χ1v) is 31.6. The van der Waals surface area contributed by atoms with Gasteiger partial charge in [0.25, 0.3) is 0 Å². The van der Waals surface area contributed by atoms with E-state index in [0.717, 1.165) is 83.3 Å². The Labute approximate surface area is 512 Å². The van der Waals surface area contributed by atoms with E-state index in [4.69, 9.17) is 49.1 Å². The van der Waals surface area contributed by atoms with Crippen molar-refractivity contribution in [2.24, 2.45) is 33.2 Å². The number of ether oxygens (including phenoxy) is 9. The van der Waals surface area contributed by atoms with Gasteiger partial charge in [-0.3, -0.25) is 25.5 Å². The van der Waals surface area contributed by atoms with Crippen LogP contribution >= 0.6 is 0 Å². The van der Waals surface area contributed by atoms with Gasteiger partial charge in [0.15, 0.2) is 11.6 Å². The molecular formula is C64H99F5N8O10. The van der Waals surface area contributed by atoms with Crippen molar-refractivity contribution < 1.29 is 69.4 Å². The zero-order valence-electron chi connectivity index (χ0n) is 51.8. The molecule has 0 aromatic heterocycles. The van der Waals surface area contributed by atoms with Gasteiger partial charge in [-0.05, 0) is 140 Å². The molecule has 1 spiro atoms. The predicted octanol–water partition coefficient (Wildman–Crippen LogP) is 10.1. The molecule has 4 unspecified atom stereocenters.